The standard InChI is InChI=1S/C26H30O2P.C14H19NO2.C12H15NO2.BrH/c1-2-28-26(27)21-13-6-14-22-29(23-15-7-3-8-16-23,24-17-9-4-10-18-24)25-19-11-5-12-20-25;1-2-17-14(16)10-6-4-3-5-8-13-9-7-11-15-12-13;14-12(15)8-4-2-1-3-6-11-7-5-9-13-10-11;/h3-5,7-12,15-20H,2,6,13-14,21-22H2,1H3;5,7-9,11-12H,2-4,6,10H2,1H3;3,5-7,9-10H,1-2,4,8H2,(H,14,15);1H/q+1;;;/p-1/b;8-5+;6-3+;. The normalized spacial score (nSPS) is 10.7. The molecule has 5 rings (SSSR count). The number of carbonyl (C=O) groups excluding carboxylic acids is 2. The molecule has 330 valence electrons. The number of aliphatic carboxylic acids is 1. The third kappa shape index (κ3) is 21.5. The van der Waals surface area contributed by atoms with Crippen LogP contribution in [-0.2, 0) is 23.9 Å². The Morgan fingerprint density at radius 1 is 0.532 bits per heavy atom. The van der Waals surface area contributed by atoms with Crippen molar-refractivity contribution in [2.75, 3.05) is 19.4 Å². The lowest BCUT2D eigenvalue weighted by Gasteiger charge is -2.27. The van der Waals surface area contributed by atoms with Crippen LogP contribution in [0.15, 0.2) is 152 Å². The maximum atomic E-state index is 11.7. The average molecular weight is 924 g/mol. The largest absolute Gasteiger partial charge is 1.00 e. The van der Waals surface area contributed by atoms with Crippen LogP contribution in [0.4, 0.5) is 0 Å². The van der Waals surface area contributed by atoms with E-state index in [1.165, 1.54) is 15.9 Å². The number of esters is 2. The van der Waals surface area contributed by atoms with Crippen LogP contribution in [0, 0.1) is 0 Å². The number of ether oxygens (including phenoxy) is 2. The molecule has 62 heavy (non-hydrogen) atoms. The number of carbonyl (C=O) groups is 3. The lowest BCUT2D eigenvalue weighted by Crippen LogP contribution is -3.00. The van der Waals surface area contributed by atoms with E-state index in [0.29, 0.717) is 26.1 Å². The van der Waals surface area contributed by atoms with Gasteiger partial charge < -0.3 is 31.6 Å². The van der Waals surface area contributed by atoms with Gasteiger partial charge in [0.1, 0.15) is 23.2 Å². The number of halogens is 1. The van der Waals surface area contributed by atoms with Gasteiger partial charge in [0.05, 0.1) is 19.4 Å². The number of carboxylic acid groups (broad SMARTS) is 1. The maximum absolute atomic E-state index is 11.7. The molecule has 0 spiro atoms. The summed E-state index contributed by atoms with van der Waals surface area (Å²) in [6.07, 6.45) is 26.2. The summed E-state index contributed by atoms with van der Waals surface area (Å²) < 4.78 is 9.92. The minimum atomic E-state index is -1.75. The molecular formula is C52H64BrN2O6P. The van der Waals surface area contributed by atoms with E-state index >= 15 is 0 Å². The lowest BCUT2D eigenvalue weighted by molar-refractivity contribution is -0.144. The van der Waals surface area contributed by atoms with Gasteiger partial charge in [0.2, 0.25) is 0 Å². The second-order valence-corrected chi connectivity index (χ2v) is 17.8. The Hall–Kier alpha value is -5.24. The van der Waals surface area contributed by atoms with Crippen molar-refractivity contribution in [3.8, 4) is 0 Å². The van der Waals surface area contributed by atoms with Gasteiger partial charge in [-0.3, -0.25) is 24.4 Å². The van der Waals surface area contributed by atoms with Gasteiger partial charge in [-0.2, -0.15) is 0 Å². The zero-order chi connectivity index (χ0) is 43.6. The maximum Gasteiger partial charge on any atom is 0.305 e. The first kappa shape index (κ1) is 52.9. The second-order valence-electron chi connectivity index (χ2n) is 14.2. The number of hydrogen-bond acceptors (Lipinski definition) is 7. The van der Waals surface area contributed by atoms with E-state index < -0.39 is 13.2 Å². The highest BCUT2D eigenvalue weighted by molar-refractivity contribution is 7.95. The molecule has 0 saturated carbocycles. The van der Waals surface area contributed by atoms with E-state index in [4.69, 9.17) is 14.6 Å². The van der Waals surface area contributed by atoms with Crippen LogP contribution >= 0.6 is 7.26 Å². The van der Waals surface area contributed by atoms with Crippen molar-refractivity contribution in [1.29, 1.82) is 0 Å². The summed E-state index contributed by atoms with van der Waals surface area (Å²) in [5.41, 5.74) is 2.19. The molecule has 0 unspecified atom stereocenters. The number of unbranched alkanes of at least 4 members (excludes halogenated alkanes) is 6. The summed E-state index contributed by atoms with van der Waals surface area (Å²) in [5, 5.41) is 12.7. The fourth-order valence-corrected chi connectivity index (χ4v) is 11.0. The monoisotopic (exact) mass is 922 g/mol. The molecule has 3 aromatic carbocycles. The van der Waals surface area contributed by atoms with Crippen molar-refractivity contribution < 1.29 is 45.9 Å². The molecule has 8 nitrogen and oxygen atoms in total. The van der Waals surface area contributed by atoms with Crippen LogP contribution < -0.4 is 32.9 Å². The third-order valence-electron chi connectivity index (χ3n) is 9.58. The number of nitrogens with zero attached hydrogens (tertiary/aromatic N) is 2. The molecule has 0 fully saturated rings. The van der Waals surface area contributed by atoms with Gasteiger partial charge >= 0.3 is 17.9 Å². The molecule has 0 radical (unpaired) electrons. The zero-order valence-corrected chi connectivity index (χ0v) is 38.9. The predicted molar refractivity (Wildman–Crippen MR) is 253 cm³/mol. The first-order valence-electron chi connectivity index (χ1n) is 21.6. The van der Waals surface area contributed by atoms with Gasteiger partial charge in [-0.05, 0) is 131 Å². The fraction of sp³-hybridized carbons (Fsp3) is 0.327. The lowest BCUT2D eigenvalue weighted by atomic mass is 10.1. The summed E-state index contributed by atoms with van der Waals surface area (Å²) in [6.45, 7) is 4.62. The van der Waals surface area contributed by atoms with Crippen LogP contribution in [0.25, 0.3) is 12.2 Å². The van der Waals surface area contributed by atoms with Gasteiger partial charge in [0.25, 0.3) is 0 Å². The van der Waals surface area contributed by atoms with Crippen molar-refractivity contribution in [3.05, 3.63) is 163 Å². The van der Waals surface area contributed by atoms with Crippen LogP contribution in [0.2, 0.25) is 0 Å². The van der Waals surface area contributed by atoms with Gasteiger partial charge in [0, 0.05) is 44.0 Å². The summed E-state index contributed by atoms with van der Waals surface area (Å²) in [7, 11) is -1.75. The molecule has 2 heterocycles. The summed E-state index contributed by atoms with van der Waals surface area (Å²) >= 11 is 0. The van der Waals surface area contributed by atoms with Crippen molar-refractivity contribution in [1.82, 2.24) is 9.97 Å². The Kier molecular flexibility index (Phi) is 28.5. The number of carboxylic acids is 1. The highest BCUT2D eigenvalue weighted by atomic mass is 79.9. The Bertz CT molecular complexity index is 1870. The number of pyridine rings is 2. The van der Waals surface area contributed by atoms with E-state index in [9.17, 15) is 14.4 Å². The predicted octanol–water partition coefficient (Wildman–Crippen LogP) is 8.07. The smallest absolute Gasteiger partial charge is 0.305 e. The molecule has 2 aromatic heterocycles. The Labute approximate surface area is 381 Å². The van der Waals surface area contributed by atoms with E-state index in [1.54, 1.807) is 18.6 Å². The highest BCUT2D eigenvalue weighted by Gasteiger charge is 2.44. The minimum absolute atomic E-state index is 0. The van der Waals surface area contributed by atoms with Crippen molar-refractivity contribution in [2.45, 2.75) is 90.9 Å². The van der Waals surface area contributed by atoms with Gasteiger partial charge in [-0.15, -0.1) is 0 Å². The molecule has 0 aliphatic rings. The van der Waals surface area contributed by atoms with Crippen molar-refractivity contribution in [2.24, 2.45) is 0 Å². The van der Waals surface area contributed by atoms with Crippen molar-refractivity contribution in [3.63, 3.8) is 0 Å². The highest BCUT2D eigenvalue weighted by Crippen LogP contribution is 2.56. The number of allylic oxidation sites excluding steroid dienone is 2. The number of aromatic nitrogens is 2. The van der Waals surface area contributed by atoms with E-state index in [0.717, 1.165) is 75.1 Å². The van der Waals surface area contributed by atoms with E-state index in [-0.39, 0.29) is 35.3 Å². The minimum Gasteiger partial charge on any atom is -1.00 e. The van der Waals surface area contributed by atoms with Crippen LogP contribution in [0.5, 0.6) is 0 Å². The Balaban J connectivity index is 0.000000344. The van der Waals surface area contributed by atoms with Crippen LogP contribution in [-0.4, -0.2) is 52.4 Å². The molecule has 0 amide bonds. The van der Waals surface area contributed by atoms with Gasteiger partial charge in [0.15, 0.2) is 0 Å². The quantitative estimate of drug-likeness (QED) is 0.0398. The molecule has 0 aliphatic heterocycles. The Morgan fingerprint density at radius 2 is 0.935 bits per heavy atom. The fourth-order valence-electron chi connectivity index (χ4n) is 6.60. The van der Waals surface area contributed by atoms with Crippen LogP contribution in [0.1, 0.15) is 102 Å². The first-order valence-corrected chi connectivity index (χ1v) is 23.6. The third-order valence-corrected chi connectivity index (χ3v) is 14.1. The molecule has 0 aliphatic carbocycles. The molecule has 0 bridgehead atoms. The summed E-state index contributed by atoms with van der Waals surface area (Å²) in [5.74, 6) is -0.891. The number of hydrogen-bond donors (Lipinski definition) is 1. The summed E-state index contributed by atoms with van der Waals surface area (Å²) in [6, 6.07) is 40.7. The zero-order valence-electron chi connectivity index (χ0n) is 36.4. The van der Waals surface area contributed by atoms with E-state index in [2.05, 4.69) is 119 Å². The summed E-state index contributed by atoms with van der Waals surface area (Å²) in [4.78, 5) is 41.0. The molecule has 1 N–H and O–H groups in total. The SMILES string of the molecule is CCOC(=O)CCCC/C=C/c1cccnc1.CCOC(=O)CCCCC[P+](c1ccccc1)(c1ccccc1)c1ccccc1.O=C(O)CCCC/C=C/c1cccnc1.[Br-]. The number of benzene rings is 3. The molecule has 10 heteroatoms. The Morgan fingerprint density at radius 3 is 1.31 bits per heavy atom. The first-order chi connectivity index (χ1) is 29.9. The van der Waals surface area contributed by atoms with Crippen molar-refractivity contribution >= 4 is 53.2 Å². The topological polar surface area (TPSA) is 116 Å². The van der Waals surface area contributed by atoms with E-state index in [1.807, 2.05) is 50.4 Å². The molecule has 5 aromatic rings. The molecule has 0 atom stereocenters. The average Bonchev–Trinajstić information content (AvgIpc) is 3.29. The molecular weight excluding hydrogens is 859 g/mol. The molecule has 0 saturated heterocycles. The van der Waals surface area contributed by atoms with Crippen LogP contribution in [0.3, 0.4) is 0 Å². The van der Waals surface area contributed by atoms with Gasteiger partial charge in [-0.1, -0.05) is 91.0 Å². The second kappa shape index (κ2) is 33.4. The number of rotatable bonds is 23. The van der Waals surface area contributed by atoms with Gasteiger partial charge in [-0.25, -0.2) is 0 Å².